The fourth-order valence-corrected chi connectivity index (χ4v) is 3.65. The number of hydrogen-bond donors (Lipinski definition) is 2. The molecule has 0 unspecified atom stereocenters. The molecule has 0 bridgehead atoms. The Bertz CT molecular complexity index is 673. The van der Waals surface area contributed by atoms with Crippen LogP contribution in [0.3, 0.4) is 0 Å². The Balaban J connectivity index is 2.21. The van der Waals surface area contributed by atoms with Crippen LogP contribution in [0.4, 0.5) is 5.69 Å². The lowest BCUT2D eigenvalue weighted by Gasteiger charge is -2.26. The Morgan fingerprint density at radius 3 is 2.74 bits per heavy atom. The lowest BCUT2D eigenvalue weighted by atomic mass is 10.1. The summed E-state index contributed by atoms with van der Waals surface area (Å²) in [6.07, 6.45) is 2.72. The second kappa shape index (κ2) is 7.31. The van der Waals surface area contributed by atoms with Crippen LogP contribution in [0.1, 0.15) is 46.5 Å². The van der Waals surface area contributed by atoms with E-state index in [1.807, 2.05) is 6.92 Å². The highest BCUT2D eigenvalue weighted by Crippen LogP contribution is 2.32. The summed E-state index contributed by atoms with van der Waals surface area (Å²) in [5, 5.41) is 2.74. The predicted octanol–water partition coefficient (Wildman–Crippen LogP) is 2.65. The molecule has 0 saturated heterocycles. The SMILES string of the molecule is CCCC[C@@H]1Oc2ccc(S(=O)(=O)N[C@H](C)CC)cc2NC1=O. The molecule has 1 aliphatic rings. The topological polar surface area (TPSA) is 84.5 Å². The summed E-state index contributed by atoms with van der Waals surface area (Å²) in [5.41, 5.74) is 0.398. The number of anilines is 1. The Kier molecular flexibility index (Phi) is 5.64. The molecule has 0 aliphatic carbocycles. The molecule has 1 aliphatic heterocycles. The lowest BCUT2D eigenvalue weighted by molar-refractivity contribution is -0.123. The first-order valence-electron chi connectivity index (χ1n) is 8.01. The van der Waals surface area contributed by atoms with Gasteiger partial charge in [-0.3, -0.25) is 4.79 Å². The van der Waals surface area contributed by atoms with E-state index in [2.05, 4.69) is 17.0 Å². The summed E-state index contributed by atoms with van der Waals surface area (Å²) in [5.74, 6) is 0.281. The average Bonchev–Trinajstić information content (AvgIpc) is 2.51. The predicted molar refractivity (Wildman–Crippen MR) is 89.1 cm³/mol. The van der Waals surface area contributed by atoms with Crippen molar-refractivity contribution in [1.29, 1.82) is 0 Å². The summed E-state index contributed by atoms with van der Waals surface area (Å²) in [7, 11) is -3.61. The third-order valence-electron chi connectivity index (χ3n) is 3.87. The molecule has 128 valence electrons. The molecular weight excluding hydrogens is 316 g/mol. The molecule has 0 spiro atoms. The highest BCUT2D eigenvalue weighted by Gasteiger charge is 2.28. The molecule has 2 N–H and O–H groups in total. The molecule has 1 aromatic carbocycles. The highest BCUT2D eigenvalue weighted by molar-refractivity contribution is 7.89. The number of carbonyl (C=O) groups is 1. The zero-order chi connectivity index (χ0) is 17.0. The Hall–Kier alpha value is -1.60. The molecule has 0 fully saturated rings. The van der Waals surface area contributed by atoms with Gasteiger partial charge in [0.1, 0.15) is 5.75 Å². The van der Waals surface area contributed by atoms with Crippen molar-refractivity contribution in [3.8, 4) is 5.75 Å². The van der Waals surface area contributed by atoms with Gasteiger partial charge in [-0.2, -0.15) is 0 Å². The number of unbranched alkanes of at least 4 members (excludes halogenated alkanes) is 1. The summed E-state index contributed by atoms with van der Waals surface area (Å²) >= 11 is 0. The van der Waals surface area contributed by atoms with Crippen LogP contribution in [0, 0.1) is 0 Å². The van der Waals surface area contributed by atoms with Crippen molar-refractivity contribution in [1.82, 2.24) is 4.72 Å². The second-order valence-corrected chi connectivity index (χ2v) is 7.54. The van der Waals surface area contributed by atoms with Crippen molar-refractivity contribution in [3.05, 3.63) is 18.2 Å². The van der Waals surface area contributed by atoms with Crippen molar-refractivity contribution < 1.29 is 17.9 Å². The van der Waals surface area contributed by atoms with Crippen LogP contribution in [-0.4, -0.2) is 26.5 Å². The molecule has 1 aromatic rings. The minimum absolute atomic E-state index is 0.118. The molecule has 6 nitrogen and oxygen atoms in total. The van der Waals surface area contributed by atoms with E-state index >= 15 is 0 Å². The third-order valence-corrected chi connectivity index (χ3v) is 5.46. The first-order chi connectivity index (χ1) is 10.9. The molecule has 7 heteroatoms. The number of amides is 1. The Labute approximate surface area is 137 Å². The van der Waals surface area contributed by atoms with E-state index < -0.39 is 16.1 Å². The molecule has 0 radical (unpaired) electrons. The average molecular weight is 340 g/mol. The van der Waals surface area contributed by atoms with Crippen molar-refractivity contribution in [2.45, 2.75) is 63.5 Å². The van der Waals surface area contributed by atoms with Crippen molar-refractivity contribution in [2.75, 3.05) is 5.32 Å². The highest BCUT2D eigenvalue weighted by atomic mass is 32.2. The smallest absolute Gasteiger partial charge is 0.265 e. The van der Waals surface area contributed by atoms with Crippen molar-refractivity contribution >= 4 is 21.6 Å². The summed E-state index contributed by atoms with van der Waals surface area (Å²) in [6.45, 7) is 5.76. The zero-order valence-corrected chi connectivity index (χ0v) is 14.6. The summed E-state index contributed by atoms with van der Waals surface area (Å²) in [6, 6.07) is 4.38. The van der Waals surface area contributed by atoms with Gasteiger partial charge in [-0.25, -0.2) is 13.1 Å². The third kappa shape index (κ3) is 4.23. The molecule has 2 atom stereocenters. The normalized spacial score (nSPS) is 18.7. The summed E-state index contributed by atoms with van der Waals surface area (Å²) < 4.78 is 32.9. The lowest BCUT2D eigenvalue weighted by Crippen LogP contribution is -2.37. The van der Waals surface area contributed by atoms with Crippen LogP contribution < -0.4 is 14.8 Å². The van der Waals surface area contributed by atoms with E-state index in [1.54, 1.807) is 13.0 Å². The van der Waals surface area contributed by atoms with Crippen LogP contribution in [0.25, 0.3) is 0 Å². The van der Waals surface area contributed by atoms with Gasteiger partial charge in [0.05, 0.1) is 10.6 Å². The van der Waals surface area contributed by atoms with E-state index in [9.17, 15) is 13.2 Å². The Morgan fingerprint density at radius 2 is 2.09 bits per heavy atom. The van der Waals surface area contributed by atoms with Gasteiger partial charge in [0, 0.05) is 6.04 Å². The van der Waals surface area contributed by atoms with Gasteiger partial charge in [0.25, 0.3) is 5.91 Å². The minimum Gasteiger partial charge on any atom is -0.478 e. The maximum Gasteiger partial charge on any atom is 0.265 e. The first-order valence-corrected chi connectivity index (χ1v) is 9.49. The van der Waals surface area contributed by atoms with Gasteiger partial charge in [0.15, 0.2) is 6.10 Å². The molecular formula is C16H24N2O4S. The van der Waals surface area contributed by atoms with Crippen LogP contribution in [0.2, 0.25) is 0 Å². The Morgan fingerprint density at radius 1 is 1.35 bits per heavy atom. The molecule has 0 aromatic heterocycles. The maximum atomic E-state index is 12.3. The largest absolute Gasteiger partial charge is 0.478 e. The number of ether oxygens (including phenoxy) is 1. The van der Waals surface area contributed by atoms with E-state index in [0.717, 1.165) is 12.8 Å². The van der Waals surface area contributed by atoms with E-state index in [1.165, 1.54) is 12.1 Å². The first kappa shape index (κ1) is 17.7. The second-order valence-electron chi connectivity index (χ2n) is 5.83. The van der Waals surface area contributed by atoms with Gasteiger partial charge >= 0.3 is 0 Å². The van der Waals surface area contributed by atoms with Crippen LogP contribution in [-0.2, 0) is 14.8 Å². The van der Waals surface area contributed by atoms with Gasteiger partial charge in [0.2, 0.25) is 10.0 Å². The number of benzene rings is 1. The zero-order valence-electron chi connectivity index (χ0n) is 13.8. The van der Waals surface area contributed by atoms with Gasteiger partial charge in [-0.05, 0) is 44.4 Å². The molecule has 1 heterocycles. The van der Waals surface area contributed by atoms with Crippen molar-refractivity contribution in [2.24, 2.45) is 0 Å². The molecule has 1 amide bonds. The van der Waals surface area contributed by atoms with Gasteiger partial charge < -0.3 is 10.1 Å². The number of rotatable bonds is 7. The van der Waals surface area contributed by atoms with Crippen LogP contribution >= 0.6 is 0 Å². The number of carbonyl (C=O) groups excluding carboxylic acids is 1. The molecule has 2 rings (SSSR count). The van der Waals surface area contributed by atoms with Crippen LogP contribution in [0.5, 0.6) is 5.75 Å². The van der Waals surface area contributed by atoms with Crippen molar-refractivity contribution in [3.63, 3.8) is 0 Å². The van der Waals surface area contributed by atoms with Crippen LogP contribution in [0.15, 0.2) is 23.1 Å². The fraction of sp³-hybridized carbons (Fsp3) is 0.562. The maximum absolute atomic E-state index is 12.3. The molecule has 0 saturated carbocycles. The quantitative estimate of drug-likeness (QED) is 0.799. The van der Waals surface area contributed by atoms with E-state index in [-0.39, 0.29) is 16.8 Å². The van der Waals surface area contributed by atoms with Gasteiger partial charge in [-0.15, -0.1) is 0 Å². The molecule has 23 heavy (non-hydrogen) atoms. The number of sulfonamides is 1. The monoisotopic (exact) mass is 340 g/mol. The minimum atomic E-state index is -3.61. The number of hydrogen-bond acceptors (Lipinski definition) is 4. The standard InChI is InChI=1S/C16H24N2O4S/c1-4-6-7-15-16(19)17-13-10-12(8-9-14(13)22-15)23(20,21)18-11(3)5-2/h8-11,15,18H,4-7H2,1-3H3,(H,17,19)/t11-,15+/m1/s1. The number of fused-ring (bicyclic) bond motifs is 1. The van der Waals surface area contributed by atoms with E-state index in [4.69, 9.17) is 4.74 Å². The number of nitrogens with one attached hydrogen (secondary N) is 2. The summed E-state index contributed by atoms with van der Waals surface area (Å²) in [4.78, 5) is 12.2. The van der Waals surface area contributed by atoms with E-state index in [0.29, 0.717) is 24.3 Å². The van der Waals surface area contributed by atoms with Gasteiger partial charge in [-0.1, -0.05) is 20.3 Å². The fourth-order valence-electron chi connectivity index (χ4n) is 2.29.